The highest BCUT2D eigenvalue weighted by atomic mass is 32.1. The molecule has 1 aliphatic rings. The zero-order valence-corrected chi connectivity index (χ0v) is 13.7. The third kappa shape index (κ3) is 3.02. The number of nitrogens with zero attached hydrogens (tertiary/aromatic N) is 1. The lowest BCUT2D eigenvalue weighted by Gasteiger charge is -2.31. The molecule has 3 aromatic rings. The van der Waals surface area contributed by atoms with E-state index in [1.165, 1.54) is 5.56 Å². The van der Waals surface area contributed by atoms with Crippen LogP contribution >= 0.6 is 11.3 Å². The smallest absolute Gasteiger partial charge is 0.270 e. The van der Waals surface area contributed by atoms with Gasteiger partial charge in [0, 0.05) is 16.5 Å². The van der Waals surface area contributed by atoms with E-state index in [4.69, 9.17) is 0 Å². The molecule has 1 fully saturated rings. The minimum Gasteiger partial charge on any atom is -0.351 e. The fourth-order valence-electron chi connectivity index (χ4n) is 3.24. The van der Waals surface area contributed by atoms with Gasteiger partial charge in [-0.25, -0.2) is 0 Å². The first kappa shape index (κ1) is 14.5. The third-order valence-electron chi connectivity index (χ3n) is 4.55. The molecule has 0 spiro atoms. The van der Waals surface area contributed by atoms with Gasteiger partial charge in [-0.15, -0.1) is 0 Å². The SMILES string of the molecule is O=C(c1cc2ccccc2[nH]1)N1CC[NH+](Cc2ccsc2)CC1. The van der Waals surface area contributed by atoms with E-state index in [9.17, 15) is 4.79 Å². The first-order chi connectivity index (χ1) is 11.3. The van der Waals surface area contributed by atoms with Crippen molar-refractivity contribution in [2.24, 2.45) is 0 Å². The number of hydrogen-bond donors (Lipinski definition) is 2. The van der Waals surface area contributed by atoms with Crippen molar-refractivity contribution >= 4 is 28.1 Å². The maximum Gasteiger partial charge on any atom is 0.270 e. The highest BCUT2D eigenvalue weighted by Crippen LogP contribution is 2.16. The number of nitrogens with one attached hydrogen (secondary N) is 2. The number of rotatable bonds is 3. The molecule has 2 N–H and O–H groups in total. The Morgan fingerprint density at radius 1 is 1.22 bits per heavy atom. The fourth-order valence-corrected chi connectivity index (χ4v) is 3.91. The standard InChI is InChI=1S/C18H19N3OS/c22-18(17-11-15-3-1-2-4-16(15)19-17)21-8-6-20(7-9-21)12-14-5-10-23-13-14/h1-5,10-11,13,19H,6-9,12H2/p+1. The number of carbonyl (C=O) groups is 1. The van der Waals surface area contributed by atoms with Crippen molar-refractivity contribution in [2.75, 3.05) is 26.2 Å². The van der Waals surface area contributed by atoms with E-state index in [0.29, 0.717) is 5.69 Å². The first-order valence-corrected chi connectivity index (χ1v) is 8.95. The second-order valence-corrected chi connectivity index (χ2v) is 6.90. The molecule has 0 atom stereocenters. The second kappa shape index (κ2) is 6.18. The molecule has 23 heavy (non-hydrogen) atoms. The fraction of sp³-hybridized carbons (Fsp3) is 0.278. The summed E-state index contributed by atoms with van der Waals surface area (Å²) in [5.41, 5.74) is 3.13. The number of fused-ring (bicyclic) bond motifs is 1. The van der Waals surface area contributed by atoms with Crippen molar-refractivity contribution in [3.8, 4) is 0 Å². The Balaban J connectivity index is 1.40. The Labute approximate surface area is 139 Å². The van der Waals surface area contributed by atoms with E-state index >= 15 is 0 Å². The summed E-state index contributed by atoms with van der Waals surface area (Å²) >= 11 is 1.75. The lowest BCUT2D eigenvalue weighted by Crippen LogP contribution is -3.13. The third-order valence-corrected chi connectivity index (χ3v) is 5.28. The van der Waals surface area contributed by atoms with E-state index < -0.39 is 0 Å². The van der Waals surface area contributed by atoms with Crippen molar-refractivity contribution in [3.05, 3.63) is 58.4 Å². The Morgan fingerprint density at radius 2 is 2.04 bits per heavy atom. The van der Waals surface area contributed by atoms with Crippen molar-refractivity contribution in [1.82, 2.24) is 9.88 Å². The average molecular weight is 326 g/mol. The molecule has 5 heteroatoms. The maximum atomic E-state index is 12.7. The van der Waals surface area contributed by atoms with Crippen LogP contribution in [0.15, 0.2) is 47.2 Å². The summed E-state index contributed by atoms with van der Waals surface area (Å²) in [6.07, 6.45) is 0. The van der Waals surface area contributed by atoms with Crippen LogP contribution in [0.4, 0.5) is 0 Å². The summed E-state index contributed by atoms with van der Waals surface area (Å²) in [7, 11) is 0. The molecule has 4 nitrogen and oxygen atoms in total. The van der Waals surface area contributed by atoms with E-state index in [1.807, 2.05) is 35.2 Å². The number of aromatic nitrogens is 1. The number of H-pyrrole nitrogens is 1. The van der Waals surface area contributed by atoms with Gasteiger partial charge in [0.25, 0.3) is 5.91 Å². The first-order valence-electron chi connectivity index (χ1n) is 8.01. The van der Waals surface area contributed by atoms with E-state index in [2.05, 4.69) is 21.8 Å². The number of para-hydroxylation sites is 1. The van der Waals surface area contributed by atoms with E-state index in [0.717, 1.165) is 43.6 Å². The Hall–Kier alpha value is -2.11. The van der Waals surface area contributed by atoms with Crippen LogP contribution in [0.3, 0.4) is 0 Å². The number of quaternary nitrogens is 1. The van der Waals surface area contributed by atoms with Crippen LogP contribution in [-0.4, -0.2) is 42.0 Å². The van der Waals surface area contributed by atoms with Crippen molar-refractivity contribution in [1.29, 1.82) is 0 Å². The Kier molecular flexibility index (Phi) is 3.89. The van der Waals surface area contributed by atoms with Gasteiger partial charge < -0.3 is 14.8 Å². The molecule has 2 aromatic heterocycles. The van der Waals surface area contributed by atoms with Gasteiger partial charge in [-0.05, 0) is 29.0 Å². The summed E-state index contributed by atoms with van der Waals surface area (Å²) in [4.78, 5) is 19.5. The van der Waals surface area contributed by atoms with Gasteiger partial charge in [0.2, 0.25) is 0 Å². The summed E-state index contributed by atoms with van der Waals surface area (Å²) in [5.74, 6) is 0.121. The minimum atomic E-state index is 0.121. The summed E-state index contributed by atoms with van der Waals surface area (Å²) in [6, 6.07) is 12.2. The highest BCUT2D eigenvalue weighted by molar-refractivity contribution is 7.07. The van der Waals surface area contributed by atoms with Gasteiger partial charge in [-0.3, -0.25) is 4.79 Å². The highest BCUT2D eigenvalue weighted by Gasteiger charge is 2.25. The lowest BCUT2D eigenvalue weighted by molar-refractivity contribution is -0.917. The summed E-state index contributed by atoms with van der Waals surface area (Å²) < 4.78 is 0. The molecule has 118 valence electrons. The van der Waals surface area contributed by atoms with E-state index in [-0.39, 0.29) is 5.91 Å². The summed E-state index contributed by atoms with van der Waals surface area (Å²) in [6.45, 7) is 4.75. The topological polar surface area (TPSA) is 40.5 Å². The Morgan fingerprint density at radius 3 is 2.78 bits per heavy atom. The van der Waals surface area contributed by atoms with Gasteiger partial charge in [-0.1, -0.05) is 18.2 Å². The van der Waals surface area contributed by atoms with Crippen molar-refractivity contribution in [3.63, 3.8) is 0 Å². The van der Waals surface area contributed by atoms with Crippen LogP contribution in [0.2, 0.25) is 0 Å². The molecule has 4 rings (SSSR count). The minimum absolute atomic E-state index is 0.121. The average Bonchev–Trinajstić information content (AvgIpc) is 3.24. The predicted octanol–water partition coefficient (Wildman–Crippen LogP) is 1.77. The van der Waals surface area contributed by atoms with Gasteiger partial charge in [-0.2, -0.15) is 11.3 Å². The Bertz CT molecular complexity index is 768. The van der Waals surface area contributed by atoms with Crippen LogP contribution < -0.4 is 4.90 Å². The maximum absolute atomic E-state index is 12.7. The number of amides is 1. The van der Waals surface area contributed by atoms with Gasteiger partial charge in [0.05, 0.1) is 26.2 Å². The quantitative estimate of drug-likeness (QED) is 0.757. The molecular formula is C18H20N3OS+. The number of piperazine rings is 1. The zero-order valence-electron chi connectivity index (χ0n) is 12.9. The zero-order chi connectivity index (χ0) is 15.6. The lowest BCUT2D eigenvalue weighted by atomic mass is 10.2. The number of thiophene rings is 1. The van der Waals surface area contributed by atoms with Crippen molar-refractivity contribution in [2.45, 2.75) is 6.54 Å². The van der Waals surface area contributed by atoms with Crippen LogP contribution in [0.5, 0.6) is 0 Å². The molecule has 1 amide bonds. The van der Waals surface area contributed by atoms with Crippen molar-refractivity contribution < 1.29 is 9.69 Å². The largest absolute Gasteiger partial charge is 0.351 e. The number of hydrogen-bond acceptors (Lipinski definition) is 2. The monoisotopic (exact) mass is 326 g/mol. The van der Waals surface area contributed by atoms with Crippen LogP contribution in [0, 0.1) is 0 Å². The van der Waals surface area contributed by atoms with E-state index in [1.54, 1.807) is 16.2 Å². The van der Waals surface area contributed by atoms with Gasteiger partial charge in [0.15, 0.2) is 0 Å². The molecule has 1 aliphatic heterocycles. The number of benzene rings is 1. The number of carbonyl (C=O) groups excluding carboxylic acids is 1. The molecule has 0 bridgehead atoms. The van der Waals surface area contributed by atoms with Gasteiger partial charge >= 0.3 is 0 Å². The molecular weight excluding hydrogens is 306 g/mol. The van der Waals surface area contributed by atoms with Crippen LogP contribution in [0.25, 0.3) is 10.9 Å². The molecule has 0 radical (unpaired) electrons. The van der Waals surface area contributed by atoms with Crippen LogP contribution in [-0.2, 0) is 6.54 Å². The van der Waals surface area contributed by atoms with Crippen LogP contribution in [0.1, 0.15) is 16.1 Å². The molecule has 1 saturated heterocycles. The molecule has 1 aromatic carbocycles. The molecule has 0 saturated carbocycles. The normalized spacial score (nSPS) is 16.1. The predicted molar refractivity (Wildman–Crippen MR) is 92.9 cm³/mol. The number of aromatic amines is 1. The van der Waals surface area contributed by atoms with Gasteiger partial charge in [0.1, 0.15) is 12.2 Å². The molecule has 0 aliphatic carbocycles. The molecule has 3 heterocycles. The second-order valence-electron chi connectivity index (χ2n) is 6.12. The molecule has 0 unspecified atom stereocenters. The summed E-state index contributed by atoms with van der Waals surface area (Å²) in [5, 5.41) is 5.44.